The zero-order valence-corrected chi connectivity index (χ0v) is 17.8. The normalized spacial score (nSPS) is 18.8. The number of hydrogen-bond acceptors (Lipinski definition) is 2. The summed E-state index contributed by atoms with van der Waals surface area (Å²) in [4.78, 5) is 7.17. The Labute approximate surface area is 168 Å². The minimum atomic E-state index is 0. The maximum Gasteiger partial charge on any atom is 0.191 e. The molecule has 136 valence electrons. The van der Waals surface area contributed by atoms with E-state index < -0.39 is 0 Å². The van der Waals surface area contributed by atoms with Crippen LogP contribution in [0, 0.1) is 5.92 Å². The van der Waals surface area contributed by atoms with Gasteiger partial charge in [-0.25, -0.2) is 0 Å². The molecule has 1 aliphatic rings. The molecule has 24 heavy (non-hydrogen) atoms. The van der Waals surface area contributed by atoms with Gasteiger partial charge >= 0.3 is 0 Å². The number of piperidine rings is 1. The van der Waals surface area contributed by atoms with Crippen LogP contribution in [0.2, 0.25) is 5.02 Å². The van der Waals surface area contributed by atoms with Crippen molar-refractivity contribution < 1.29 is 0 Å². The first-order valence-corrected chi connectivity index (χ1v) is 9.00. The summed E-state index contributed by atoms with van der Waals surface area (Å²) in [6, 6.07) is 8.03. The minimum Gasteiger partial charge on any atom is -0.357 e. The van der Waals surface area contributed by atoms with Gasteiger partial charge in [-0.05, 0) is 63.4 Å². The second kappa shape index (κ2) is 11.9. The fourth-order valence-electron chi connectivity index (χ4n) is 3.00. The van der Waals surface area contributed by atoms with E-state index in [1.54, 1.807) is 0 Å². The zero-order chi connectivity index (χ0) is 16.5. The number of nitrogens with zero attached hydrogens (tertiary/aromatic N) is 2. The van der Waals surface area contributed by atoms with Gasteiger partial charge in [-0.15, -0.1) is 24.0 Å². The first kappa shape index (κ1) is 21.5. The molecule has 0 spiro atoms. The molecule has 1 aliphatic heterocycles. The fraction of sp³-hybridized carbons (Fsp3) is 0.611. The van der Waals surface area contributed by atoms with Crippen LogP contribution in [0.1, 0.15) is 25.3 Å². The number of hydrogen-bond donors (Lipinski definition) is 2. The number of likely N-dealkylation sites (tertiary alicyclic amines) is 1. The highest BCUT2D eigenvalue weighted by molar-refractivity contribution is 14.0. The molecule has 1 aromatic rings. The van der Waals surface area contributed by atoms with Crippen molar-refractivity contribution in [1.82, 2.24) is 15.5 Å². The van der Waals surface area contributed by atoms with E-state index >= 15 is 0 Å². The van der Waals surface area contributed by atoms with Gasteiger partial charge in [-0.1, -0.05) is 23.7 Å². The minimum absolute atomic E-state index is 0. The second-order valence-corrected chi connectivity index (χ2v) is 6.73. The molecule has 6 heteroatoms. The SMILES string of the molecule is CCNC(=NCC1CCCN(C)C1)NCCc1cccc(Cl)c1.I. The third kappa shape index (κ3) is 8.03. The van der Waals surface area contributed by atoms with Gasteiger partial charge in [0, 0.05) is 31.2 Å². The summed E-state index contributed by atoms with van der Waals surface area (Å²) in [5.74, 6) is 1.60. The quantitative estimate of drug-likeness (QED) is 0.385. The Hall–Kier alpha value is -0.530. The molecule has 1 saturated heterocycles. The Bertz CT molecular complexity index is 510. The molecule has 1 fully saturated rings. The molecule has 0 amide bonds. The molecule has 0 radical (unpaired) electrons. The monoisotopic (exact) mass is 464 g/mol. The molecule has 2 N–H and O–H groups in total. The zero-order valence-electron chi connectivity index (χ0n) is 14.7. The van der Waals surface area contributed by atoms with Crippen molar-refractivity contribution in [3.63, 3.8) is 0 Å². The number of rotatable bonds is 6. The van der Waals surface area contributed by atoms with Crippen molar-refractivity contribution in [3.05, 3.63) is 34.9 Å². The molecule has 1 heterocycles. The second-order valence-electron chi connectivity index (χ2n) is 6.30. The van der Waals surface area contributed by atoms with Crippen molar-refractivity contribution >= 4 is 41.5 Å². The van der Waals surface area contributed by atoms with E-state index in [9.17, 15) is 0 Å². The lowest BCUT2D eigenvalue weighted by molar-refractivity contribution is 0.214. The maximum absolute atomic E-state index is 6.02. The summed E-state index contributed by atoms with van der Waals surface area (Å²) in [6.45, 7) is 7.12. The van der Waals surface area contributed by atoms with Gasteiger partial charge in [0.15, 0.2) is 5.96 Å². The van der Waals surface area contributed by atoms with E-state index in [1.807, 2.05) is 18.2 Å². The molecular weight excluding hydrogens is 435 g/mol. The summed E-state index contributed by atoms with van der Waals surface area (Å²) < 4.78 is 0. The van der Waals surface area contributed by atoms with E-state index in [0.717, 1.165) is 43.6 Å². The lowest BCUT2D eigenvalue weighted by Gasteiger charge is -2.28. The maximum atomic E-state index is 6.02. The summed E-state index contributed by atoms with van der Waals surface area (Å²) in [6.07, 6.45) is 3.52. The van der Waals surface area contributed by atoms with Crippen molar-refractivity contribution in [2.75, 3.05) is 39.8 Å². The van der Waals surface area contributed by atoms with E-state index in [1.165, 1.54) is 24.9 Å². The average molecular weight is 465 g/mol. The predicted molar refractivity (Wildman–Crippen MR) is 115 cm³/mol. The summed E-state index contributed by atoms with van der Waals surface area (Å²) in [7, 11) is 2.20. The Kier molecular flexibility index (Phi) is 10.7. The number of nitrogens with one attached hydrogen (secondary N) is 2. The highest BCUT2D eigenvalue weighted by Crippen LogP contribution is 2.15. The molecule has 0 aliphatic carbocycles. The lowest BCUT2D eigenvalue weighted by Crippen LogP contribution is -2.39. The highest BCUT2D eigenvalue weighted by atomic mass is 127. The van der Waals surface area contributed by atoms with Crippen LogP contribution in [-0.4, -0.2) is 50.6 Å². The molecule has 0 aromatic heterocycles. The van der Waals surface area contributed by atoms with Gasteiger partial charge in [0.1, 0.15) is 0 Å². The summed E-state index contributed by atoms with van der Waals surface area (Å²) in [5, 5.41) is 7.55. The Morgan fingerprint density at radius 1 is 1.38 bits per heavy atom. The standard InChI is InChI=1S/C18H29ClN4.HI/c1-3-20-18(22-13-16-7-5-11-23(2)14-16)21-10-9-15-6-4-8-17(19)12-15;/h4,6,8,12,16H,3,5,7,9-11,13-14H2,1-2H3,(H2,20,21,22);1H. The van der Waals surface area contributed by atoms with Gasteiger partial charge in [0.2, 0.25) is 0 Å². The van der Waals surface area contributed by atoms with Crippen LogP contribution in [0.25, 0.3) is 0 Å². The van der Waals surface area contributed by atoms with Crippen LogP contribution in [0.5, 0.6) is 0 Å². The smallest absolute Gasteiger partial charge is 0.191 e. The van der Waals surface area contributed by atoms with Crippen LogP contribution in [-0.2, 0) is 6.42 Å². The van der Waals surface area contributed by atoms with E-state index in [2.05, 4.69) is 35.6 Å². The van der Waals surface area contributed by atoms with Crippen molar-refractivity contribution in [2.24, 2.45) is 10.9 Å². The fourth-order valence-corrected chi connectivity index (χ4v) is 3.21. The van der Waals surface area contributed by atoms with Crippen LogP contribution in [0.15, 0.2) is 29.3 Å². The third-order valence-corrected chi connectivity index (χ3v) is 4.40. The van der Waals surface area contributed by atoms with Crippen LogP contribution in [0.3, 0.4) is 0 Å². The first-order valence-electron chi connectivity index (χ1n) is 8.62. The Morgan fingerprint density at radius 3 is 2.92 bits per heavy atom. The number of benzene rings is 1. The van der Waals surface area contributed by atoms with Crippen LogP contribution < -0.4 is 10.6 Å². The third-order valence-electron chi connectivity index (χ3n) is 4.17. The predicted octanol–water partition coefficient (Wildman–Crippen LogP) is 3.40. The summed E-state index contributed by atoms with van der Waals surface area (Å²) >= 11 is 6.02. The largest absolute Gasteiger partial charge is 0.357 e. The molecule has 1 unspecified atom stereocenters. The van der Waals surface area contributed by atoms with Crippen molar-refractivity contribution in [2.45, 2.75) is 26.2 Å². The lowest BCUT2D eigenvalue weighted by atomic mass is 9.99. The van der Waals surface area contributed by atoms with Crippen LogP contribution >= 0.6 is 35.6 Å². The van der Waals surface area contributed by atoms with Gasteiger partial charge in [0.05, 0.1) is 0 Å². The first-order chi connectivity index (χ1) is 11.2. The molecule has 2 rings (SSSR count). The average Bonchev–Trinajstić information content (AvgIpc) is 2.53. The van der Waals surface area contributed by atoms with Crippen molar-refractivity contribution in [3.8, 4) is 0 Å². The van der Waals surface area contributed by atoms with Gasteiger partial charge in [-0.2, -0.15) is 0 Å². The van der Waals surface area contributed by atoms with E-state index in [-0.39, 0.29) is 24.0 Å². The topological polar surface area (TPSA) is 39.7 Å². The Morgan fingerprint density at radius 2 is 2.21 bits per heavy atom. The number of guanidine groups is 1. The Balaban J connectivity index is 0.00000288. The molecule has 0 saturated carbocycles. The molecule has 0 bridgehead atoms. The van der Waals surface area contributed by atoms with Crippen molar-refractivity contribution in [1.29, 1.82) is 0 Å². The number of halogens is 2. The molecular formula is C18H30ClIN4. The summed E-state index contributed by atoms with van der Waals surface area (Å²) in [5.41, 5.74) is 1.25. The van der Waals surface area contributed by atoms with Gasteiger partial charge in [-0.3, -0.25) is 4.99 Å². The molecule has 1 aromatic carbocycles. The number of aliphatic imine (C=N–C) groups is 1. The molecule has 4 nitrogen and oxygen atoms in total. The highest BCUT2D eigenvalue weighted by Gasteiger charge is 2.16. The van der Waals surface area contributed by atoms with E-state index in [0.29, 0.717) is 5.92 Å². The van der Waals surface area contributed by atoms with E-state index in [4.69, 9.17) is 16.6 Å². The molecule has 1 atom stereocenters. The van der Waals surface area contributed by atoms with Crippen LogP contribution in [0.4, 0.5) is 0 Å². The van der Waals surface area contributed by atoms with Gasteiger partial charge < -0.3 is 15.5 Å². The van der Waals surface area contributed by atoms with Gasteiger partial charge in [0.25, 0.3) is 0 Å².